The zero-order valence-electron chi connectivity index (χ0n) is 26.3. The van der Waals surface area contributed by atoms with E-state index in [1.807, 2.05) is 13.8 Å². The van der Waals surface area contributed by atoms with Gasteiger partial charge in [-0.05, 0) is 37.7 Å². The van der Waals surface area contributed by atoms with Gasteiger partial charge >= 0.3 is 11.9 Å². The first-order valence-corrected chi connectivity index (χ1v) is 15.3. The first-order valence-electron chi connectivity index (χ1n) is 15.3. The molecule has 44 heavy (non-hydrogen) atoms. The minimum absolute atomic E-state index is 0.0792. The van der Waals surface area contributed by atoms with Gasteiger partial charge in [0.2, 0.25) is 0 Å². The highest BCUT2D eigenvalue weighted by atomic mass is 16.8. The Balaban J connectivity index is 1.73. The molecule has 0 amide bonds. The number of aldehydes is 1. The molecule has 12 heteroatoms. The molecule has 1 aromatic rings. The molecular weight excluding hydrogens is 576 g/mol. The highest BCUT2D eigenvalue weighted by Gasteiger charge is 2.81. The molecule has 12 atom stereocenters. The van der Waals surface area contributed by atoms with Crippen molar-refractivity contribution in [2.24, 2.45) is 34.0 Å². The van der Waals surface area contributed by atoms with Crippen LogP contribution in [0.4, 0.5) is 0 Å². The number of carbonyl (C=O) groups excluding carboxylic acids is 3. The average Bonchev–Trinajstić information content (AvgIpc) is 3.63. The summed E-state index contributed by atoms with van der Waals surface area (Å²) in [6.45, 7) is 7.74. The van der Waals surface area contributed by atoms with Crippen LogP contribution in [0, 0.1) is 34.0 Å². The fraction of sp³-hybridized carbons (Fsp3) is 0.781. The molecule has 4 N–H and O–H groups in total. The number of methoxy groups -OCH3 is 1. The average molecular weight is 623 g/mol. The van der Waals surface area contributed by atoms with Gasteiger partial charge in [0.05, 0.1) is 32.3 Å². The summed E-state index contributed by atoms with van der Waals surface area (Å²) < 4.78 is 28.6. The van der Waals surface area contributed by atoms with Crippen LogP contribution < -0.4 is 0 Å². The number of fused-ring (bicyclic) bond motifs is 1. The smallest absolute Gasteiger partial charge is 0.305 e. The zero-order chi connectivity index (χ0) is 32.5. The lowest BCUT2D eigenvalue weighted by atomic mass is 9.49. The molecule has 0 radical (unpaired) electrons. The Morgan fingerprint density at radius 1 is 1.14 bits per heavy atom. The predicted octanol–water partition coefficient (Wildman–Crippen LogP) is 2.41. The normalized spacial score (nSPS) is 47.4. The SMILES string of the molecule is COC(=O)CC1C2(C)COC(C)(O)OC3(CCCC(C)(C(O)c4ccoc4)C3CC=O)C(O)C3(O)C2CC1(C)C3OC(C)=O. The van der Waals surface area contributed by atoms with E-state index in [2.05, 4.69) is 0 Å². The summed E-state index contributed by atoms with van der Waals surface area (Å²) in [4.78, 5) is 37.6. The topological polar surface area (TPSA) is 182 Å². The van der Waals surface area contributed by atoms with Crippen molar-refractivity contribution in [2.75, 3.05) is 13.7 Å². The van der Waals surface area contributed by atoms with Gasteiger partial charge in [0.15, 0.2) is 0 Å². The Hall–Kier alpha value is -2.35. The molecule has 2 bridgehead atoms. The van der Waals surface area contributed by atoms with Gasteiger partial charge in [-0.3, -0.25) is 9.59 Å². The molecule has 12 unspecified atom stereocenters. The minimum Gasteiger partial charge on any atom is -0.472 e. The number of carbonyl (C=O) groups is 3. The maximum Gasteiger partial charge on any atom is 0.305 e. The molecule has 246 valence electrons. The number of aliphatic hydroxyl groups excluding tert-OH is 2. The van der Waals surface area contributed by atoms with Crippen molar-refractivity contribution in [3.05, 3.63) is 24.2 Å². The first kappa shape index (κ1) is 33.0. The van der Waals surface area contributed by atoms with Crippen molar-refractivity contribution in [2.45, 2.75) is 109 Å². The molecule has 12 nitrogen and oxygen atoms in total. The number of furan rings is 1. The van der Waals surface area contributed by atoms with Crippen LogP contribution >= 0.6 is 0 Å². The summed E-state index contributed by atoms with van der Waals surface area (Å²) in [7, 11) is 1.27. The van der Waals surface area contributed by atoms with Gasteiger partial charge in [0.25, 0.3) is 5.97 Å². The quantitative estimate of drug-likeness (QED) is 0.258. The molecular formula is C32H46O12. The van der Waals surface area contributed by atoms with E-state index in [0.717, 1.165) is 0 Å². The van der Waals surface area contributed by atoms with Crippen molar-refractivity contribution in [3.8, 4) is 0 Å². The van der Waals surface area contributed by atoms with E-state index >= 15 is 0 Å². The molecule has 1 aromatic heterocycles. The molecule has 2 heterocycles. The van der Waals surface area contributed by atoms with E-state index in [4.69, 9.17) is 23.4 Å². The monoisotopic (exact) mass is 622 g/mol. The Morgan fingerprint density at radius 3 is 2.43 bits per heavy atom. The number of hydrogen-bond donors (Lipinski definition) is 4. The largest absolute Gasteiger partial charge is 0.472 e. The zero-order valence-corrected chi connectivity index (χ0v) is 26.3. The molecule has 3 saturated carbocycles. The number of hydrogen-bond acceptors (Lipinski definition) is 12. The lowest BCUT2D eigenvalue weighted by molar-refractivity contribution is -0.418. The fourth-order valence-corrected chi connectivity index (χ4v) is 10.1. The van der Waals surface area contributed by atoms with Crippen LogP contribution in [0.3, 0.4) is 0 Å². The Kier molecular flexibility index (Phi) is 8.16. The second-order valence-corrected chi connectivity index (χ2v) is 14.4. The van der Waals surface area contributed by atoms with E-state index < -0.39 is 81.4 Å². The summed E-state index contributed by atoms with van der Waals surface area (Å²) in [5.41, 5.74) is -6.72. The second kappa shape index (κ2) is 10.9. The lowest BCUT2D eigenvalue weighted by Crippen LogP contribution is -2.74. The molecule has 1 saturated heterocycles. The van der Waals surface area contributed by atoms with E-state index in [-0.39, 0.29) is 32.3 Å². The van der Waals surface area contributed by atoms with Gasteiger partial charge in [-0.1, -0.05) is 20.8 Å². The van der Waals surface area contributed by atoms with Gasteiger partial charge in [-0.2, -0.15) is 0 Å². The van der Waals surface area contributed by atoms with E-state index in [9.17, 15) is 34.8 Å². The Morgan fingerprint density at radius 2 is 1.84 bits per heavy atom. The van der Waals surface area contributed by atoms with Crippen LogP contribution in [0.1, 0.15) is 84.8 Å². The van der Waals surface area contributed by atoms with Gasteiger partial charge < -0.3 is 48.6 Å². The highest BCUT2D eigenvalue weighted by molar-refractivity contribution is 5.70. The van der Waals surface area contributed by atoms with Crippen LogP contribution in [0.2, 0.25) is 0 Å². The van der Waals surface area contributed by atoms with Crippen LogP contribution in [0.5, 0.6) is 0 Å². The van der Waals surface area contributed by atoms with Crippen LogP contribution in [0.25, 0.3) is 0 Å². The minimum atomic E-state index is -2.32. The van der Waals surface area contributed by atoms with Crippen LogP contribution in [-0.4, -0.2) is 81.8 Å². The van der Waals surface area contributed by atoms with E-state index in [0.29, 0.717) is 24.7 Å². The summed E-state index contributed by atoms with van der Waals surface area (Å²) in [6, 6.07) is 1.61. The molecule has 5 rings (SSSR count). The third kappa shape index (κ3) is 4.59. The Bertz CT molecular complexity index is 1260. The lowest BCUT2D eigenvalue weighted by Gasteiger charge is -2.61. The van der Waals surface area contributed by atoms with Gasteiger partial charge in [0, 0.05) is 60.3 Å². The van der Waals surface area contributed by atoms with E-state index in [1.165, 1.54) is 33.5 Å². The van der Waals surface area contributed by atoms with Crippen LogP contribution in [0.15, 0.2) is 23.0 Å². The summed E-state index contributed by atoms with van der Waals surface area (Å²) in [6.07, 6.45) is 0.0773. The standard InChI is InChI=1S/C32H46O12/c1-18(34)43-26-28(3)15-22-29(4,21(28)14-23(35)40-6)17-42-30(5,38)44-31(25(37)32(22,26)39)11-7-10-27(2,20(31)8-12-33)24(36)19-9-13-41-16-19/h9,12-13,16,20-22,24-26,36-39H,7-8,10-11,14-15,17H2,1-6H3. The van der Waals surface area contributed by atoms with Crippen molar-refractivity contribution in [1.82, 2.24) is 0 Å². The third-order valence-corrected chi connectivity index (χ3v) is 11.9. The van der Waals surface area contributed by atoms with E-state index in [1.54, 1.807) is 13.0 Å². The Labute approximate surface area is 257 Å². The maximum atomic E-state index is 13.0. The number of ether oxygens (including phenoxy) is 4. The van der Waals surface area contributed by atoms with Crippen LogP contribution in [-0.2, 0) is 33.3 Å². The van der Waals surface area contributed by atoms with Crippen molar-refractivity contribution in [3.63, 3.8) is 0 Å². The molecule has 1 aliphatic heterocycles. The molecule has 3 aliphatic carbocycles. The maximum absolute atomic E-state index is 13.0. The second-order valence-electron chi connectivity index (χ2n) is 14.4. The summed E-state index contributed by atoms with van der Waals surface area (Å²) in [5.74, 6) is -5.81. The predicted molar refractivity (Wildman–Crippen MR) is 151 cm³/mol. The molecule has 4 aliphatic rings. The number of aliphatic hydroxyl groups is 4. The highest BCUT2D eigenvalue weighted by Crippen LogP contribution is 2.74. The van der Waals surface area contributed by atoms with Gasteiger partial charge in [-0.25, -0.2) is 0 Å². The fourth-order valence-electron chi connectivity index (χ4n) is 10.1. The van der Waals surface area contributed by atoms with Crippen molar-refractivity contribution >= 4 is 18.2 Å². The summed E-state index contributed by atoms with van der Waals surface area (Å²) >= 11 is 0. The summed E-state index contributed by atoms with van der Waals surface area (Å²) in [5, 5.41) is 49.1. The van der Waals surface area contributed by atoms with Gasteiger partial charge in [-0.15, -0.1) is 0 Å². The number of rotatable bonds is 7. The first-order chi connectivity index (χ1) is 20.5. The molecule has 1 spiro atoms. The molecule has 4 fully saturated rings. The van der Waals surface area contributed by atoms with Crippen molar-refractivity contribution in [1.29, 1.82) is 0 Å². The molecule has 0 aromatic carbocycles. The van der Waals surface area contributed by atoms with Crippen molar-refractivity contribution < 1.29 is 58.2 Å². The number of esters is 2. The third-order valence-electron chi connectivity index (χ3n) is 11.9. The van der Waals surface area contributed by atoms with Gasteiger partial charge in [0.1, 0.15) is 29.7 Å².